The lowest BCUT2D eigenvalue weighted by Crippen LogP contribution is -2.10. The molecule has 136 valence electrons. The third-order valence-electron chi connectivity index (χ3n) is 3.87. The molecule has 0 amide bonds. The maximum absolute atomic E-state index is 6.35. The zero-order valence-corrected chi connectivity index (χ0v) is 18.1. The predicted octanol–water partition coefficient (Wildman–Crippen LogP) is 7.20. The Balaban J connectivity index is 2.08. The lowest BCUT2D eigenvalue weighted by molar-refractivity contribution is 0.503. The molecule has 0 fully saturated rings. The number of hydrogen-bond donors (Lipinski definition) is 0. The highest BCUT2D eigenvalue weighted by Crippen LogP contribution is 2.53. The lowest BCUT2D eigenvalue weighted by Gasteiger charge is -2.21. The first-order valence-corrected chi connectivity index (χ1v) is 11.8. The molecule has 0 atom stereocenters. The van der Waals surface area contributed by atoms with Crippen molar-refractivity contribution >= 4 is 28.9 Å². The molecule has 2 nitrogen and oxygen atoms in total. The minimum Gasteiger partial charge on any atom is -0.425 e. The summed E-state index contributed by atoms with van der Waals surface area (Å²) in [6, 6.07) is 15.6. The van der Waals surface area contributed by atoms with Crippen molar-refractivity contribution in [3.8, 4) is 11.5 Å². The van der Waals surface area contributed by atoms with Crippen LogP contribution in [0.4, 0.5) is 0 Å². The molecule has 0 aliphatic carbocycles. The molecule has 0 radical (unpaired) electrons. The van der Waals surface area contributed by atoms with Crippen molar-refractivity contribution in [3.05, 3.63) is 59.7 Å². The van der Waals surface area contributed by atoms with Crippen molar-refractivity contribution in [3.63, 3.8) is 0 Å². The second-order valence-corrected chi connectivity index (χ2v) is 12.8. The Morgan fingerprint density at radius 2 is 0.960 bits per heavy atom. The lowest BCUT2D eigenvalue weighted by atomic mass is 9.87. The highest BCUT2D eigenvalue weighted by Gasteiger charge is 2.21. The van der Waals surface area contributed by atoms with Gasteiger partial charge >= 0.3 is 5.84 Å². The van der Waals surface area contributed by atoms with Gasteiger partial charge in [-0.3, -0.25) is 0 Å². The summed E-state index contributed by atoms with van der Waals surface area (Å²) in [5, 5.41) is 0. The standard InChI is InChI=1S/C20H26ClO2PS/c1-19(2,3)15-7-11-17(12-8-15)22-24(21,25)23-18-13-9-16(10-14-18)20(4,5)6/h7-14H,1-6H3. The van der Waals surface area contributed by atoms with Crippen molar-refractivity contribution in [2.24, 2.45) is 0 Å². The van der Waals surface area contributed by atoms with Crippen molar-refractivity contribution in [2.45, 2.75) is 52.4 Å². The molecule has 2 aromatic rings. The second kappa shape index (κ2) is 7.31. The summed E-state index contributed by atoms with van der Waals surface area (Å²) in [6.45, 7) is 13.0. The van der Waals surface area contributed by atoms with Gasteiger partial charge in [0.05, 0.1) is 0 Å². The van der Waals surface area contributed by atoms with E-state index in [1.165, 1.54) is 11.1 Å². The highest BCUT2D eigenvalue weighted by molar-refractivity contribution is 8.22. The first-order valence-electron chi connectivity index (χ1n) is 8.27. The first-order chi connectivity index (χ1) is 11.4. The van der Waals surface area contributed by atoms with Crippen LogP contribution in [0.15, 0.2) is 48.5 Å². The summed E-state index contributed by atoms with van der Waals surface area (Å²) >= 11 is 11.7. The number of benzene rings is 2. The van der Waals surface area contributed by atoms with Gasteiger partial charge in [0, 0.05) is 11.8 Å². The summed E-state index contributed by atoms with van der Waals surface area (Å²) in [7, 11) is 0. The number of halogens is 1. The molecule has 25 heavy (non-hydrogen) atoms. The number of rotatable bonds is 4. The van der Waals surface area contributed by atoms with E-state index in [-0.39, 0.29) is 10.8 Å². The summed E-state index contributed by atoms with van der Waals surface area (Å²) in [6.07, 6.45) is 0. The normalized spacial score (nSPS) is 12.8. The van der Waals surface area contributed by atoms with Gasteiger partial charge in [0.15, 0.2) is 0 Å². The van der Waals surface area contributed by atoms with E-state index in [0.717, 1.165) is 0 Å². The molecule has 2 rings (SSSR count). The van der Waals surface area contributed by atoms with Crippen LogP contribution in [0.3, 0.4) is 0 Å². The molecular formula is C20H26ClO2PS. The zero-order valence-electron chi connectivity index (χ0n) is 15.7. The maximum Gasteiger partial charge on any atom is 0.384 e. The third kappa shape index (κ3) is 6.02. The highest BCUT2D eigenvalue weighted by atomic mass is 35.7. The van der Waals surface area contributed by atoms with Crippen LogP contribution in [0.2, 0.25) is 0 Å². The Labute approximate surface area is 161 Å². The Morgan fingerprint density at radius 1 is 0.680 bits per heavy atom. The average Bonchev–Trinajstić information content (AvgIpc) is 2.45. The van der Waals surface area contributed by atoms with Crippen LogP contribution in [-0.2, 0) is 22.6 Å². The minimum atomic E-state index is -2.94. The van der Waals surface area contributed by atoms with E-state index in [1.807, 2.05) is 48.5 Å². The van der Waals surface area contributed by atoms with Gasteiger partial charge in [-0.15, -0.1) is 0 Å². The van der Waals surface area contributed by atoms with Crippen LogP contribution < -0.4 is 9.05 Å². The fourth-order valence-corrected chi connectivity index (χ4v) is 4.08. The summed E-state index contributed by atoms with van der Waals surface area (Å²) in [4.78, 5) is 0. The van der Waals surface area contributed by atoms with Gasteiger partial charge in [-0.1, -0.05) is 65.8 Å². The smallest absolute Gasteiger partial charge is 0.384 e. The van der Waals surface area contributed by atoms with Gasteiger partial charge < -0.3 is 9.05 Å². The molecule has 5 heteroatoms. The van der Waals surface area contributed by atoms with Gasteiger partial charge in [-0.2, -0.15) is 0 Å². The van der Waals surface area contributed by atoms with Crippen LogP contribution in [0, 0.1) is 0 Å². The summed E-state index contributed by atoms with van der Waals surface area (Å²) < 4.78 is 11.5. The third-order valence-corrected chi connectivity index (χ3v) is 5.59. The van der Waals surface area contributed by atoms with Crippen LogP contribution in [-0.4, -0.2) is 0 Å². The van der Waals surface area contributed by atoms with Gasteiger partial charge in [-0.25, -0.2) is 0 Å². The van der Waals surface area contributed by atoms with Crippen molar-refractivity contribution in [1.29, 1.82) is 0 Å². The molecule has 0 heterocycles. The maximum atomic E-state index is 6.35. The SMILES string of the molecule is CC(C)(C)c1ccc(OP(=S)(Cl)Oc2ccc(C(C)(C)C)cc2)cc1. The Morgan fingerprint density at radius 3 is 1.20 bits per heavy atom. The van der Waals surface area contributed by atoms with Crippen LogP contribution in [0.5, 0.6) is 11.5 Å². The van der Waals surface area contributed by atoms with Crippen molar-refractivity contribution in [2.75, 3.05) is 0 Å². The Kier molecular flexibility index (Phi) is 5.93. The van der Waals surface area contributed by atoms with Crippen molar-refractivity contribution in [1.82, 2.24) is 0 Å². The summed E-state index contributed by atoms with van der Waals surface area (Å²) in [5.41, 5.74) is 2.62. The molecule has 0 aliphatic heterocycles. The molecule has 0 bridgehead atoms. The molecule has 0 unspecified atom stereocenters. The van der Waals surface area contributed by atoms with E-state index in [2.05, 4.69) is 41.5 Å². The van der Waals surface area contributed by atoms with Gasteiger partial charge in [-0.05, 0) is 57.5 Å². The van der Waals surface area contributed by atoms with Crippen molar-refractivity contribution < 1.29 is 9.05 Å². The zero-order chi connectivity index (χ0) is 18.9. The van der Waals surface area contributed by atoms with E-state index in [4.69, 9.17) is 32.1 Å². The number of hydrogen-bond acceptors (Lipinski definition) is 3. The molecule has 0 N–H and O–H groups in total. The average molecular weight is 397 g/mol. The van der Waals surface area contributed by atoms with E-state index < -0.39 is 5.84 Å². The molecule has 0 saturated heterocycles. The van der Waals surface area contributed by atoms with Gasteiger partial charge in [0.25, 0.3) is 0 Å². The summed E-state index contributed by atoms with van der Waals surface area (Å²) in [5.74, 6) is -1.70. The minimum absolute atomic E-state index is 0.0883. The molecular weight excluding hydrogens is 371 g/mol. The first kappa shape index (κ1) is 20.3. The van der Waals surface area contributed by atoms with Crippen LogP contribution in [0.1, 0.15) is 52.7 Å². The van der Waals surface area contributed by atoms with Crippen LogP contribution >= 0.6 is 17.1 Å². The van der Waals surface area contributed by atoms with E-state index in [0.29, 0.717) is 11.5 Å². The second-order valence-electron chi connectivity index (χ2n) is 8.16. The van der Waals surface area contributed by atoms with E-state index in [9.17, 15) is 0 Å². The largest absolute Gasteiger partial charge is 0.425 e. The topological polar surface area (TPSA) is 18.5 Å². The fraction of sp³-hybridized carbons (Fsp3) is 0.400. The van der Waals surface area contributed by atoms with Crippen LogP contribution in [0.25, 0.3) is 0 Å². The monoisotopic (exact) mass is 396 g/mol. The fourth-order valence-electron chi connectivity index (χ4n) is 2.30. The molecule has 0 aliphatic rings. The predicted molar refractivity (Wildman–Crippen MR) is 112 cm³/mol. The Hall–Kier alpha value is -1.02. The molecule has 0 spiro atoms. The molecule has 0 aromatic heterocycles. The molecule has 2 aromatic carbocycles. The molecule has 0 saturated carbocycles. The van der Waals surface area contributed by atoms with E-state index in [1.54, 1.807) is 0 Å². The van der Waals surface area contributed by atoms with Gasteiger partial charge in [0.2, 0.25) is 0 Å². The quantitative estimate of drug-likeness (QED) is 0.509. The van der Waals surface area contributed by atoms with Gasteiger partial charge in [0.1, 0.15) is 11.5 Å². The Bertz CT molecular complexity index is 693. The van der Waals surface area contributed by atoms with E-state index >= 15 is 0 Å².